The van der Waals surface area contributed by atoms with Gasteiger partial charge in [0.25, 0.3) is 10.2 Å². The van der Waals surface area contributed by atoms with Crippen molar-refractivity contribution in [2.45, 2.75) is 58.5 Å². The lowest BCUT2D eigenvalue weighted by molar-refractivity contribution is 0.243. The van der Waals surface area contributed by atoms with Crippen LogP contribution in [-0.4, -0.2) is 44.4 Å². The third-order valence-corrected chi connectivity index (χ3v) is 6.00. The summed E-state index contributed by atoms with van der Waals surface area (Å²) in [5.74, 6) is 0. The molecule has 1 heterocycles. The predicted octanol–water partition coefficient (Wildman–Crippen LogP) is 1.08. The van der Waals surface area contributed by atoms with E-state index in [1.54, 1.807) is 4.31 Å². The molecule has 5 nitrogen and oxygen atoms in total. The van der Waals surface area contributed by atoms with Gasteiger partial charge in [0.05, 0.1) is 0 Å². The molecule has 2 N–H and O–H groups in total. The van der Waals surface area contributed by atoms with Crippen LogP contribution in [0, 0.1) is 5.41 Å². The molecule has 1 saturated heterocycles. The van der Waals surface area contributed by atoms with E-state index in [2.05, 4.69) is 23.9 Å². The minimum absolute atomic E-state index is 0.105. The largest absolute Gasteiger partial charge is 0.315 e. The molecule has 1 aliphatic carbocycles. The Labute approximate surface area is 117 Å². The topological polar surface area (TPSA) is 61.4 Å². The summed E-state index contributed by atoms with van der Waals surface area (Å²) >= 11 is 0. The summed E-state index contributed by atoms with van der Waals surface area (Å²) in [5, 5.41) is 3.27. The molecule has 2 rings (SSSR count). The predicted molar refractivity (Wildman–Crippen MR) is 77.1 cm³/mol. The maximum atomic E-state index is 12.5. The number of nitrogens with zero attached hydrogens (tertiary/aromatic N) is 1. The Morgan fingerprint density at radius 3 is 2.58 bits per heavy atom. The van der Waals surface area contributed by atoms with Crippen molar-refractivity contribution in [2.75, 3.05) is 19.6 Å². The van der Waals surface area contributed by atoms with Gasteiger partial charge >= 0.3 is 0 Å². The smallest absolute Gasteiger partial charge is 0.280 e. The van der Waals surface area contributed by atoms with Gasteiger partial charge in [0.15, 0.2) is 0 Å². The second-order valence-corrected chi connectivity index (χ2v) is 8.09. The van der Waals surface area contributed by atoms with Gasteiger partial charge in [0, 0.05) is 25.2 Å². The van der Waals surface area contributed by atoms with Crippen LogP contribution in [0.5, 0.6) is 0 Å². The molecular formula is C13H27N3O2S. The average Bonchev–Trinajstić information content (AvgIpc) is 2.93. The van der Waals surface area contributed by atoms with Gasteiger partial charge in [-0.2, -0.15) is 17.4 Å². The van der Waals surface area contributed by atoms with E-state index in [9.17, 15) is 8.42 Å². The summed E-state index contributed by atoms with van der Waals surface area (Å²) in [6, 6.07) is 0.215. The van der Waals surface area contributed by atoms with Crippen LogP contribution in [0.1, 0.15) is 46.5 Å². The first-order chi connectivity index (χ1) is 8.87. The SMILES string of the molecule is CCNCC1CCCCN1S(=O)(=O)NC1CC1(C)C. The normalized spacial score (nSPS) is 31.3. The van der Waals surface area contributed by atoms with Crippen LogP contribution in [-0.2, 0) is 10.2 Å². The zero-order chi connectivity index (χ0) is 14.1. The van der Waals surface area contributed by atoms with Crippen molar-refractivity contribution in [2.24, 2.45) is 5.41 Å². The lowest BCUT2D eigenvalue weighted by Gasteiger charge is -2.35. The number of hydrogen-bond donors (Lipinski definition) is 2. The molecule has 0 bridgehead atoms. The Hall–Kier alpha value is -0.170. The summed E-state index contributed by atoms with van der Waals surface area (Å²) in [5.41, 5.74) is 0.125. The molecule has 1 saturated carbocycles. The molecule has 0 radical (unpaired) electrons. The summed E-state index contributed by atoms with van der Waals surface area (Å²) in [6.45, 7) is 8.54. The molecule has 0 aromatic rings. The zero-order valence-electron chi connectivity index (χ0n) is 12.3. The minimum atomic E-state index is -3.33. The van der Waals surface area contributed by atoms with Gasteiger partial charge in [-0.15, -0.1) is 0 Å². The molecule has 2 aliphatic rings. The number of likely N-dealkylation sites (N-methyl/N-ethyl adjacent to an activating group) is 1. The van der Waals surface area contributed by atoms with Crippen LogP contribution in [0.25, 0.3) is 0 Å². The van der Waals surface area contributed by atoms with Crippen LogP contribution in [0.15, 0.2) is 0 Å². The van der Waals surface area contributed by atoms with E-state index in [4.69, 9.17) is 0 Å². The molecule has 0 amide bonds. The fourth-order valence-electron chi connectivity index (χ4n) is 2.72. The van der Waals surface area contributed by atoms with Crippen molar-refractivity contribution >= 4 is 10.2 Å². The molecule has 2 atom stereocenters. The molecule has 6 heteroatoms. The van der Waals surface area contributed by atoms with E-state index in [1.165, 1.54) is 0 Å². The Kier molecular flexibility index (Phi) is 4.55. The highest BCUT2D eigenvalue weighted by atomic mass is 32.2. The Bertz CT molecular complexity index is 408. The van der Waals surface area contributed by atoms with Gasteiger partial charge in [-0.05, 0) is 31.2 Å². The first kappa shape index (κ1) is 15.2. The van der Waals surface area contributed by atoms with Crippen molar-refractivity contribution in [3.8, 4) is 0 Å². The van der Waals surface area contributed by atoms with Gasteiger partial charge in [0.1, 0.15) is 0 Å². The molecule has 2 fully saturated rings. The van der Waals surface area contributed by atoms with Gasteiger partial charge in [0.2, 0.25) is 0 Å². The van der Waals surface area contributed by atoms with Gasteiger partial charge in [-0.25, -0.2) is 0 Å². The summed E-state index contributed by atoms with van der Waals surface area (Å²) < 4.78 is 29.5. The molecule has 0 aromatic carbocycles. The standard InChI is InChI=1S/C13H27N3O2S/c1-4-14-10-11-7-5-6-8-16(11)19(17,18)15-12-9-13(12,2)3/h11-12,14-15H,4-10H2,1-3H3. The highest BCUT2D eigenvalue weighted by molar-refractivity contribution is 7.87. The molecule has 1 aliphatic heterocycles. The van der Waals surface area contributed by atoms with E-state index in [0.717, 1.165) is 38.8 Å². The molecule has 2 unspecified atom stereocenters. The number of hydrogen-bond acceptors (Lipinski definition) is 3. The van der Waals surface area contributed by atoms with Crippen LogP contribution >= 0.6 is 0 Å². The first-order valence-corrected chi connectivity index (χ1v) is 8.80. The zero-order valence-corrected chi connectivity index (χ0v) is 13.1. The number of rotatable bonds is 6. The quantitative estimate of drug-likeness (QED) is 0.769. The highest BCUT2D eigenvalue weighted by Gasteiger charge is 2.49. The van der Waals surface area contributed by atoms with Gasteiger partial charge in [-0.3, -0.25) is 0 Å². The summed E-state index contributed by atoms with van der Waals surface area (Å²) in [6.07, 6.45) is 3.99. The second-order valence-electron chi connectivity index (χ2n) is 6.44. The van der Waals surface area contributed by atoms with Crippen LogP contribution in [0.2, 0.25) is 0 Å². The number of piperidine rings is 1. The van der Waals surface area contributed by atoms with Crippen molar-refractivity contribution < 1.29 is 8.42 Å². The molecule has 0 spiro atoms. The highest BCUT2D eigenvalue weighted by Crippen LogP contribution is 2.45. The Morgan fingerprint density at radius 1 is 1.32 bits per heavy atom. The minimum Gasteiger partial charge on any atom is -0.315 e. The first-order valence-electron chi connectivity index (χ1n) is 7.36. The van der Waals surface area contributed by atoms with Gasteiger partial charge < -0.3 is 5.32 Å². The van der Waals surface area contributed by atoms with Crippen LogP contribution in [0.4, 0.5) is 0 Å². The van der Waals surface area contributed by atoms with Crippen molar-refractivity contribution in [1.82, 2.24) is 14.3 Å². The molecular weight excluding hydrogens is 262 g/mol. The van der Waals surface area contributed by atoms with Gasteiger partial charge in [-0.1, -0.05) is 27.2 Å². The second kappa shape index (κ2) is 5.68. The Morgan fingerprint density at radius 2 is 2.00 bits per heavy atom. The lowest BCUT2D eigenvalue weighted by Crippen LogP contribution is -2.53. The monoisotopic (exact) mass is 289 g/mol. The fourth-order valence-corrected chi connectivity index (χ4v) is 4.56. The average molecular weight is 289 g/mol. The fraction of sp³-hybridized carbons (Fsp3) is 1.00. The van der Waals surface area contributed by atoms with Crippen molar-refractivity contribution in [1.29, 1.82) is 0 Å². The third kappa shape index (κ3) is 3.68. The van der Waals surface area contributed by atoms with E-state index in [1.807, 2.05) is 6.92 Å². The maximum absolute atomic E-state index is 12.5. The van der Waals surface area contributed by atoms with Crippen LogP contribution in [0.3, 0.4) is 0 Å². The summed E-state index contributed by atoms with van der Waals surface area (Å²) in [7, 11) is -3.33. The molecule has 112 valence electrons. The molecule has 19 heavy (non-hydrogen) atoms. The van der Waals surface area contributed by atoms with E-state index < -0.39 is 10.2 Å². The molecule has 0 aromatic heterocycles. The van der Waals surface area contributed by atoms with Crippen LogP contribution < -0.4 is 10.0 Å². The van der Waals surface area contributed by atoms with Crippen molar-refractivity contribution in [3.05, 3.63) is 0 Å². The number of nitrogens with one attached hydrogen (secondary N) is 2. The Balaban J connectivity index is 1.99. The van der Waals surface area contributed by atoms with E-state index in [-0.39, 0.29) is 17.5 Å². The van der Waals surface area contributed by atoms with E-state index >= 15 is 0 Å². The summed E-state index contributed by atoms with van der Waals surface area (Å²) in [4.78, 5) is 0. The van der Waals surface area contributed by atoms with Crippen molar-refractivity contribution in [3.63, 3.8) is 0 Å². The van der Waals surface area contributed by atoms with E-state index in [0.29, 0.717) is 6.54 Å². The third-order valence-electron chi connectivity index (χ3n) is 4.32. The lowest BCUT2D eigenvalue weighted by atomic mass is 10.1. The maximum Gasteiger partial charge on any atom is 0.280 e.